The first-order chi connectivity index (χ1) is 7.11. The summed E-state index contributed by atoms with van der Waals surface area (Å²) >= 11 is 0. The average Bonchev–Trinajstić information content (AvgIpc) is 2.21. The number of pyridine rings is 1. The molecule has 0 atom stereocenters. The van der Waals surface area contributed by atoms with Crippen molar-refractivity contribution in [1.29, 1.82) is 0 Å². The maximum atomic E-state index is 13.6. The van der Waals surface area contributed by atoms with Gasteiger partial charge in [0.2, 0.25) is 0 Å². The number of nitrogens with one attached hydrogen (secondary N) is 1. The van der Waals surface area contributed by atoms with Crippen molar-refractivity contribution < 1.29 is 4.39 Å². The third kappa shape index (κ3) is 1.65. The first-order valence-electron chi connectivity index (χ1n) is 4.94. The van der Waals surface area contributed by atoms with E-state index in [1.54, 1.807) is 13.0 Å². The molecular weight excluding hydrogens is 193 g/mol. The Labute approximate surface area is 86.8 Å². The molecule has 0 saturated heterocycles. The minimum absolute atomic E-state index is 0.157. The molecule has 1 aromatic heterocycles. The van der Waals surface area contributed by atoms with Crippen LogP contribution < -0.4 is 5.56 Å². The number of hydrogen-bond acceptors (Lipinski definition) is 1. The van der Waals surface area contributed by atoms with Gasteiger partial charge >= 0.3 is 0 Å². The van der Waals surface area contributed by atoms with Crippen molar-refractivity contribution in [3.63, 3.8) is 0 Å². The van der Waals surface area contributed by atoms with Gasteiger partial charge < -0.3 is 4.98 Å². The van der Waals surface area contributed by atoms with Crippen LogP contribution in [-0.4, -0.2) is 4.98 Å². The zero-order valence-corrected chi connectivity index (χ0v) is 8.73. The number of hydrogen-bond donors (Lipinski definition) is 1. The van der Waals surface area contributed by atoms with Crippen LogP contribution in [0.15, 0.2) is 23.0 Å². The Morgan fingerprint density at radius 1 is 1.33 bits per heavy atom. The van der Waals surface area contributed by atoms with Crippen LogP contribution in [0, 0.1) is 12.7 Å². The average molecular weight is 205 g/mol. The Bertz CT molecular complexity index is 572. The van der Waals surface area contributed by atoms with Crippen LogP contribution in [0.4, 0.5) is 4.39 Å². The van der Waals surface area contributed by atoms with Crippen molar-refractivity contribution in [1.82, 2.24) is 4.98 Å². The van der Waals surface area contributed by atoms with Gasteiger partial charge in [-0.15, -0.1) is 0 Å². The summed E-state index contributed by atoms with van der Waals surface area (Å²) < 4.78 is 13.6. The third-order valence-electron chi connectivity index (χ3n) is 2.56. The molecule has 2 nitrogen and oxygen atoms in total. The summed E-state index contributed by atoms with van der Waals surface area (Å²) in [5, 5.41) is 0.476. The van der Waals surface area contributed by atoms with Crippen LogP contribution in [0.25, 0.3) is 10.9 Å². The van der Waals surface area contributed by atoms with Gasteiger partial charge in [0.25, 0.3) is 5.56 Å². The molecular formula is C12H12FNO. The van der Waals surface area contributed by atoms with Crippen molar-refractivity contribution in [3.8, 4) is 0 Å². The first-order valence-corrected chi connectivity index (χ1v) is 4.94. The summed E-state index contributed by atoms with van der Waals surface area (Å²) in [6.45, 7) is 3.62. The molecule has 3 heteroatoms. The second-order valence-corrected chi connectivity index (χ2v) is 3.67. The van der Waals surface area contributed by atoms with Gasteiger partial charge in [-0.25, -0.2) is 4.39 Å². The molecule has 0 aliphatic rings. The Balaban J connectivity index is 2.86. The molecule has 0 unspecified atom stereocenters. The topological polar surface area (TPSA) is 32.9 Å². The summed E-state index contributed by atoms with van der Waals surface area (Å²) in [6, 6.07) is 4.92. The van der Waals surface area contributed by atoms with Crippen LogP contribution in [-0.2, 0) is 6.42 Å². The number of benzene rings is 1. The maximum absolute atomic E-state index is 13.6. The predicted octanol–water partition coefficient (Wildman–Crippen LogP) is 2.54. The van der Waals surface area contributed by atoms with E-state index in [2.05, 4.69) is 4.98 Å². The molecule has 0 spiro atoms. The normalized spacial score (nSPS) is 10.9. The van der Waals surface area contributed by atoms with E-state index >= 15 is 0 Å². The lowest BCUT2D eigenvalue weighted by molar-refractivity contribution is 0.637. The Kier molecular flexibility index (Phi) is 2.31. The van der Waals surface area contributed by atoms with Crippen LogP contribution >= 0.6 is 0 Å². The molecule has 0 bridgehead atoms. The number of rotatable bonds is 1. The maximum Gasteiger partial charge on any atom is 0.251 e. The van der Waals surface area contributed by atoms with Crippen molar-refractivity contribution in [2.24, 2.45) is 0 Å². The van der Waals surface area contributed by atoms with E-state index in [-0.39, 0.29) is 11.4 Å². The minimum Gasteiger partial charge on any atom is -0.322 e. The highest BCUT2D eigenvalue weighted by Crippen LogP contribution is 2.18. The molecule has 1 heterocycles. The number of aromatic nitrogens is 1. The highest BCUT2D eigenvalue weighted by Gasteiger charge is 2.05. The molecule has 15 heavy (non-hydrogen) atoms. The molecule has 2 rings (SSSR count). The van der Waals surface area contributed by atoms with E-state index in [4.69, 9.17) is 0 Å². The number of fused-ring (bicyclic) bond motifs is 1. The number of aromatic amines is 1. The zero-order valence-electron chi connectivity index (χ0n) is 8.73. The fourth-order valence-corrected chi connectivity index (χ4v) is 1.63. The molecule has 78 valence electrons. The number of halogens is 1. The predicted molar refractivity (Wildman–Crippen MR) is 58.6 cm³/mol. The highest BCUT2D eigenvalue weighted by atomic mass is 19.1. The van der Waals surface area contributed by atoms with Crippen molar-refractivity contribution in [2.75, 3.05) is 0 Å². The molecule has 0 aliphatic carbocycles. The van der Waals surface area contributed by atoms with Gasteiger partial charge in [-0.2, -0.15) is 0 Å². The quantitative estimate of drug-likeness (QED) is 0.762. The van der Waals surface area contributed by atoms with Gasteiger partial charge in [-0.1, -0.05) is 6.92 Å². The Hall–Kier alpha value is -1.64. The van der Waals surface area contributed by atoms with Crippen LogP contribution in [0.1, 0.15) is 18.1 Å². The van der Waals surface area contributed by atoms with Gasteiger partial charge in [-0.3, -0.25) is 4.79 Å². The second-order valence-electron chi connectivity index (χ2n) is 3.67. The second kappa shape index (κ2) is 3.50. The van der Waals surface area contributed by atoms with Gasteiger partial charge in [0, 0.05) is 10.9 Å². The summed E-state index contributed by atoms with van der Waals surface area (Å²) in [7, 11) is 0. The van der Waals surface area contributed by atoms with E-state index in [9.17, 15) is 9.18 Å². The largest absolute Gasteiger partial charge is 0.322 e. The fourth-order valence-electron chi connectivity index (χ4n) is 1.63. The van der Waals surface area contributed by atoms with Crippen LogP contribution in [0.5, 0.6) is 0 Å². The monoisotopic (exact) mass is 205 g/mol. The lowest BCUT2D eigenvalue weighted by atomic mass is 10.1. The standard InChI is InChI=1S/C12H12FNO/c1-3-8-5-10(13)9-4-7(2)12(15)14-11(9)6-8/h4-6H,3H2,1-2H3,(H,14,15). The van der Waals surface area contributed by atoms with Crippen molar-refractivity contribution in [3.05, 3.63) is 45.5 Å². The van der Waals surface area contributed by atoms with E-state index in [1.807, 2.05) is 13.0 Å². The van der Waals surface area contributed by atoms with Gasteiger partial charge in [0.05, 0.1) is 5.52 Å². The minimum atomic E-state index is -0.274. The fraction of sp³-hybridized carbons (Fsp3) is 0.250. The van der Waals surface area contributed by atoms with E-state index in [0.717, 1.165) is 12.0 Å². The molecule has 2 aromatic rings. The van der Waals surface area contributed by atoms with Crippen LogP contribution in [0.2, 0.25) is 0 Å². The first kappa shape index (κ1) is 9.90. The molecule has 0 saturated carbocycles. The summed E-state index contributed by atoms with van der Waals surface area (Å²) in [6.07, 6.45) is 0.753. The lowest BCUT2D eigenvalue weighted by Crippen LogP contribution is -2.09. The Morgan fingerprint density at radius 3 is 2.73 bits per heavy atom. The highest BCUT2D eigenvalue weighted by molar-refractivity contribution is 5.80. The summed E-state index contributed by atoms with van der Waals surface area (Å²) in [4.78, 5) is 14.0. The summed E-state index contributed by atoms with van der Waals surface area (Å²) in [5.41, 5.74) is 1.84. The number of aryl methyl sites for hydroxylation is 2. The smallest absolute Gasteiger partial charge is 0.251 e. The number of H-pyrrole nitrogens is 1. The van der Waals surface area contributed by atoms with E-state index in [0.29, 0.717) is 16.5 Å². The van der Waals surface area contributed by atoms with E-state index in [1.165, 1.54) is 6.07 Å². The van der Waals surface area contributed by atoms with E-state index < -0.39 is 0 Å². The summed E-state index contributed by atoms with van der Waals surface area (Å²) in [5.74, 6) is -0.274. The lowest BCUT2D eigenvalue weighted by Gasteiger charge is -2.03. The molecule has 0 fully saturated rings. The van der Waals surface area contributed by atoms with Crippen molar-refractivity contribution in [2.45, 2.75) is 20.3 Å². The van der Waals surface area contributed by atoms with Gasteiger partial charge in [-0.05, 0) is 37.1 Å². The van der Waals surface area contributed by atoms with Gasteiger partial charge in [0.15, 0.2) is 0 Å². The van der Waals surface area contributed by atoms with Crippen molar-refractivity contribution >= 4 is 10.9 Å². The molecule has 1 aromatic carbocycles. The molecule has 0 radical (unpaired) electrons. The molecule has 1 N–H and O–H groups in total. The molecule has 0 amide bonds. The zero-order chi connectivity index (χ0) is 11.0. The molecule has 0 aliphatic heterocycles. The van der Waals surface area contributed by atoms with Crippen LogP contribution in [0.3, 0.4) is 0 Å². The third-order valence-corrected chi connectivity index (χ3v) is 2.56. The Morgan fingerprint density at radius 2 is 2.07 bits per heavy atom. The van der Waals surface area contributed by atoms with Gasteiger partial charge in [0.1, 0.15) is 5.82 Å². The SMILES string of the molecule is CCc1cc(F)c2cc(C)c(=O)[nH]c2c1.